The van der Waals surface area contributed by atoms with Gasteiger partial charge in [0.1, 0.15) is 0 Å². The molecule has 3 aromatic rings. The first kappa shape index (κ1) is 20.4. The van der Waals surface area contributed by atoms with E-state index in [2.05, 4.69) is 79.7 Å². The van der Waals surface area contributed by atoms with E-state index >= 15 is 0 Å². The molecule has 2 atom stereocenters. The fourth-order valence-corrected chi connectivity index (χ4v) is 6.24. The minimum atomic E-state index is -0.825. The van der Waals surface area contributed by atoms with Gasteiger partial charge in [0.2, 0.25) is 0 Å². The van der Waals surface area contributed by atoms with Gasteiger partial charge in [-0.3, -0.25) is 0 Å². The number of aryl methyl sites for hydroxylation is 1. The third-order valence-electron chi connectivity index (χ3n) is 4.07. The number of fused-ring (bicyclic) bond motifs is 3. The molecule has 0 saturated heterocycles. The summed E-state index contributed by atoms with van der Waals surface area (Å²) in [6, 6.07) is 26.7. The summed E-state index contributed by atoms with van der Waals surface area (Å²) in [4.78, 5) is 0. The normalized spacial score (nSPS) is 11.3. The summed E-state index contributed by atoms with van der Waals surface area (Å²) in [5, 5.41) is 4.56. The van der Waals surface area contributed by atoms with E-state index < -0.39 is 8.80 Å². The number of hydrogen-bond acceptors (Lipinski definition) is 0. The van der Waals surface area contributed by atoms with Crippen LogP contribution in [0.25, 0.3) is 11.1 Å². The number of rotatable bonds is 1. The van der Waals surface area contributed by atoms with Crippen LogP contribution in [0.5, 0.6) is 0 Å². The van der Waals surface area contributed by atoms with Gasteiger partial charge >= 0.3 is 19.5 Å². The van der Waals surface area contributed by atoms with Gasteiger partial charge in [0, 0.05) is 0 Å². The van der Waals surface area contributed by atoms with Crippen molar-refractivity contribution in [1.29, 1.82) is 0 Å². The Hall–Kier alpha value is -0.640. The number of hydrogen-bond donors (Lipinski definition) is 0. The zero-order valence-electron chi connectivity index (χ0n) is 13.2. The second-order valence-corrected chi connectivity index (χ2v) is 7.69. The molecule has 23 heavy (non-hydrogen) atoms. The van der Waals surface area contributed by atoms with Crippen LogP contribution in [0.2, 0.25) is 0 Å². The van der Waals surface area contributed by atoms with Crippen LogP contribution in [0.4, 0.5) is 0 Å². The molecule has 0 fully saturated rings. The molecule has 1 heterocycles. The van der Waals surface area contributed by atoms with Crippen LogP contribution in [-0.4, -0.2) is 8.80 Å². The van der Waals surface area contributed by atoms with Gasteiger partial charge in [0.15, 0.2) is 8.80 Å². The van der Waals surface area contributed by atoms with Crippen molar-refractivity contribution < 1.29 is 19.5 Å². The fourth-order valence-electron chi connectivity index (χ4n) is 3.21. The van der Waals surface area contributed by atoms with Gasteiger partial charge in [-0.15, -0.1) is 0 Å². The van der Waals surface area contributed by atoms with E-state index in [4.69, 9.17) is 0 Å². The summed E-state index contributed by atoms with van der Waals surface area (Å²) in [6.45, 7) is 2.23. The Bertz CT molecular complexity index is 790. The molecule has 0 bridgehead atoms. The second kappa shape index (κ2) is 8.46. The average molecular weight is 444 g/mol. The molecule has 0 nitrogen and oxygen atoms in total. The van der Waals surface area contributed by atoms with Crippen LogP contribution in [-0.2, 0) is 19.5 Å². The van der Waals surface area contributed by atoms with E-state index in [1.54, 1.807) is 5.19 Å². The van der Waals surface area contributed by atoms with Crippen molar-refractivity contribution in [2.75, 3.05) is 0 Å². The van der Waals surface area contributed by atoms with Crippen LogP contribution < -0.4 is 15.6 Å². The number of benzene rings is 3. The van der Waals surface area contributed by atoms with Crippen molar-refractivity contribution >= 4 is 44.2 Å². The molecule has 122 valence electrons. The van der Waals surface area contributed by atoms with Gasteiger partial charge in [-0.05, 0) is 34.0 Å². The van der Waals surface area contributed by atoms with Crippen molar-refractivity contribution in [2.45, 2.75) is 6.92 Å². The maximum absolute atomic E-state index is 2.32. The monoisotopic (exact) mass is 444 g/mol. The predicted octanol–water partition coefficient (Wildman–Crippen LogP) is 2.07. The Kier molecular flexibility index (Phi) is 7.50. The SMILES string of the molecule is Cc1cccc2c1-c1ccccc1[Si]2c1ccccc1.P.P.[RhH2]. The predicted molar refractivity (Wildman–Crippen MR) is 113 cm³/mol. The van der Waals surface area contributed by atoms with Gasteiger partial charge in [-0.1, -0.05) is 78.0 Å². The van der Waals surface area contributed by atoms with Crippen molar-refractivity contribution in [1.82, 2.24) is 0 Å². The topological polar surface area (TPSA) is 0 Å². The van der Waals surface area contributed by atoms with E-state index in [0.29, 0.717) is 0 Å². The van der Waals surface area contributed by atoms with Crippen LogP contribution in [0.3, 0.4) is 0 Å². The van der Waals surface area contributed by atoms with Crippen molar-refractivity contribution in [3.05, 3.63) is 78.4 Å². The third-order valence-corrected chi connectivity index (χ3v) is 6.91. The molecule has 4 heteroatoms. The Labute approximate surface area is 159 Å². The molecule has 2 radical (unpaired) electrons. The maximum atomic E-state index is 2.32. The molecule has 0 N–H and O–H groups in total. The van der Waals surface area contributed by atoms with Crippen molar-refractivity contribution in [3.63, 3.8) is 0 Å². The van der Waals surface area contributed by atoms with Crippen LogP contribution in [0.15, 0.2) is 72.8 Å². The zero-order chi connectivity index (χ0) is 13.5. The summed E-state index contributed by atoms with van der Waals surface area (Å²) in [6.07, 6.45) is 0. The molecule has 0 aromatic heterocycles. The molecule has 0 amide bonds. The molecule has 1 aliphatic heterocycles. The zero-order valence-corrected chi connectivity index (χ0v) is 18.9. The summed E-state index contributed by atoms with van der Waals surface area (Å²) < 4.78 is 0. The summed E-state index contributed by atoms with van der Waals surface area (Å²) >= 11 is 0. The molecule has 1 aliphatic rings. The van der Waals surface area contributed by atoms with Gasteiger partial charge in [-0.25, -0.2) is 0 Å². The first-order valence-corrected chi connectivity index (χ1v) is 8.48. The van der Waals surface area contributed by atoms with Crippen LogP contribution in [0.1, 0.15) is 5.56 Å². The van der Waals surface area contributed by atoms with Gasteiger partial charge in [0.05, 0.1) is 0 Å². The molecule has 4 rings (SSSR count). The molecule has 0 spiro atoms. The van der Waals surface area contributed by atoms with Crippen molar-refractivity contribution in [2.24, 2.45) is 0 Å². The van der Waals surface area contributed by atoms with Gasteiger partial charge in [-0.2, -0.15) is 19.8 Å². The molecule has 2 unspecified atom stereocenters. The average Bonchev–Trinajstić information content (AvgIpc) is 2.84. The Balaban J connectivity index is 0.000000882. The quantitative estimate of drug-likeness (QED) is 0.312. The summed E-state index contributed by atoms with van der Waals surface area (Å²) in [5.41, 5.74) is 4.31. The van der Waals surface area contributed by atoms with E-state index in [9.17, 15) is 0 Å². The summed E-state index contributed by atoms with van der Waals surface area (Å²) in [5.74, 6) is 0. The van der Waals surface area contributed by atoms with E-state index in [0.717, 1.165) is 0 Å². The Morgan fingerprint density at radius 3 is 2.00 bits per heavy atom. The fraction of sp³-hybridized carbons (Fsp3) is 0.0526. The van der Waals surface area contributed by atoms with Gasteiger partial charge < -0.3 is 0 Å². The first-order valence-electron chi connectivity index (χ1n) is 6.98. The molecule has 0 aliphatic carbocycles. The third kappa shape index (κ3) is 3.42. The van der Waals surface area contributed by atoms with Crippen LogP contribution in [0, 0.1) is 6.92 Å². The second-order valence-electron chi connectivity index (χ2n) is 5.28. The molecular formula is C19H23P2RhSi. The Morgan fingerprint density at radius 2 is 1.26 bits per heavy atom. The van der Waals surface area contributed by atoms with E-state index in [1.807, 2.05) is 0 Å². The van der Waals surface area contributed by atoms with E-state index in [1.165, 1.54) is 27.1 Å². The summed E-state index contributed by atoms with van der Waals surface area (Å²) in [7, 11) is -0.825. The Morgan fingerprint density at radius 1 is 0.652 bits per heavy atom. The standard InChI is InChI=1S/C19H15Si.2H3P.Rh.2H/c1-14-8-7-13-18-19(14)16-11-5-6-12-17(16)20(18)15-9-3-2-4-10-15;;;;;/h2-13H,1H3;2*1H3;;;. The van der Waals surface area contributed by atoms with E-state index in [-0.39, 0.29) is 39.3 Å². The van der Waals surface area contributed by atoms with Crippen LogP contribution >= 0.6 is 19.8 Å². The first-order chi connectivity index (χ1) is 9.86. The molecule has 0 saturated carbocycles. The van der Waals surface area contributed by atoms with Gasteiger partial charge in [0.25, 0.3) is 0 Å². The molecule has 3 aromatic carbocycles. The van der Waals surface area contributed by atoms with Crippen molar-refractivity contribution in [3.8, 4) is 11.1 Å². The minimum absolute atomic E-state index is 0. The molecular weight excluding hydrogens is 421 g/mol.